The van der Waals surface area contributed by atoms with E-state index in [1.54, 1.807) is 11.1 Å². The molecule has 2 unspecified atom stereocenters. The van der Waals surface area contributed by atoms with E-state index in [-0.39, 0.29) is 30.2 Å². The number of benzene rings is 1. The van der Waals surface area contributed by atoms with Crippen molar-refractivity contribution in [1.82, 2.24) is 15.2 Å². The number of carbonyl (C=O) groups excluding carboxylic acids is 2. The summed E-state index contributed by atoms with van der Waals surface area (Å²) >= 11 is 3.40. The van der Waals surface area contributed by atoms with Crippen LogP contribution in [0.5, 0.6) is 0 Å². The normalized spacial score (nSPS) is 18.2. The average Bonchev–Trinajstić information content (AvgIpc) is 2.97. The van der Waals surface area contributed by atoms with E-state index in [4.69, 9.17) is 0 Å². The summed E-state index contributed by atoms with van der Waals surface area (Å²) in [5.41, 5.74) is 1.87. The Morgan fingerprint density at radius 3 is 2.76 bits per heavy atom. The van der Waals surface area contributed by atoms with Crippen LogP contribution in [-0.4, -0.2) is 28.2 Å². The quantitative estimate of drug-likeness (QED) is 0.836. The number of pyridine rings is 1. The molecule has 2 atom stereocenters. The van der Waals surface area contributed by atoms with E-state index < -0.39 is 0 Å². The SMILES string of the molecule is CC(NC(=O)C1CC(=O)N(Cc2ccccn2)C1)c1ccc(Br)cc1. The van der Waals surface area contributed by atoms with Crippen molar-refractivity contribution in [3.63, 3.8) is 0 Å². The van der Waals surface area contributed by atoms with E-state index in [0.717, 1.165) is 15.7 Å². The molecule has 1 aromatic carbocycles. The first-order valence-electron chi connectivity index (χ1n) is 8.26. The lowest BCUT2D eigenvalue weighted by molar-refractivity contribution is -0.129. The van der Waals surface area contributed by atoms with Crippen LogP contribution in [0.15, 0.2) is 53.1 Å². The molecule has 3 rings (SSSR count). The van der Waals surface area contributed by atoms with Crippen LogP contribution in [0.4, 0.5) is 0 Å². The molecule has 1 aliphatic rings. The lowest BCUT2D eigenvalue weighted by Gasteiger charge is -2.18. The zero-order valence-corrected chi connectivity index (χ0v) is 15.6. The molecule has 6 heteroatoms. The zero-order chi connectivity index (χ0) is 17.8. The van der Waals surface area contributed by atoms with Crippen LogP contribution in [0.2, 0.25) is 0 Å². The fourth-order valence-corrected chi connectivity index (χ4v) is 3.22. The van der Waals surface area contributed by atoms with Gasteiger partial charge in [0.25, 0.3) is 0 Å². The maximum absolute atomic E-state index is 12.5. The molecule has 25 heavy (non-hydrogen) atoms. The lowest BCUT2D eigenvalue weighted by Crippen LogP contribution is -2.34. The molecule has 2 amide bonds. The van der Waals surface area contributed by atoms with E-state index in [1.165, 1.54) is 0 Å². The molecule has 0 bridgehead atoms. The Kier molecular flexibility index (Phi) is 5.48. The Morgan fingerprint density at radius 2 is 2.08 bits per heavy atom. The first-order valence-corrected chi connectivity index (χ1v) is 9.06. The Bertz CT molecular complexity index is 749. The molecular weight excluding hydrogens is 382 g/mol. The number of hydrogen-bond donors (Lipinski definition) is 1. The van der Waals surface area contributed by atoms with Crippen molar-refractivity contribution < 1.29 is 9.59 Å². The van der Waals surface area contributed by atoms with Gasteiger partial charge in [-0.25, -0.2) is 0 Å². The lowest BCUT2D eigenvalue weighted by atomic mass is 10.1. The van der Waals surface area contributed by atoms with E-state index >= 15 is 0 Å². The minimum atomic E-state index is -0.311. The minimum Gasteiger partial charge on any atom is -0.349 e. The molecule has 1 saturated heterocycles. The van der Waals surface area contributed by atoms with Gasteiger partial charge in [0.1, 0.15) is 0 Å². The van der Waals surface area contributed by atoms with Gasteiger partial charge >= 0.3 is 0 Å². The molecule has 1 fully saturated rings. The molecular formula is C19H20BrN3O2. The van der Waals surface area contributed by atoms with Gasteiger partial charge in [-0.3, -0.25) is 14.6 Å². The number of likely N-dealkylation sites (tertiary alicyclic amines) is 1. The second kappa shape index (κ2) is 7.78. The van der Waals surface area contributed by atoms with Gasteiger partial charge in [-0.1, -0.05) is 34.1 Å². The average molecular weight is 402 g/mol. The van der Waals surface area contributed by atoms with Crippen molar-refractivity contribution in [2.75, 3.05) is 6.54 Å². The highest BCUT2D eigenvalue weighted by Crippen LogP contribution is 2.22. The Morgan fingerprint density at radius 1 is 1.32 bits per heavy atom. The zero-order valence-electron chi connectivity index (χ0n) is 14.0. The van der Waals surface area contributed by atoms with Gasteiger partial charge in [0, 0.05) is 23.6 Å². The molecule has 5 nitrogen and oxygen atoms in total. The van der Waals surface area contributed by atoms with Crippen LogP contribution < -0.4 is 5.32 Å². The Labute approximate surface area is 155 Å². The number of nitrogens with zero attached hydrogens (tertiary/aromatic N) is 2. The third-order valence-electron chi connectivity index (χ3n) is 4.39. The van der Waals surface area contributed by atoms with Gasteiger partial charge in [-0.2, -0.15) is 0 Å². The summed E-state index contributed by atoms with van der Waals surface area (Å²) in [6, 6.07) is 13.4. The van der Waals surface area contributed by atoms with Crippen molar-refractivity contribution in [3.05, 3.63) is 64.4 Å². The van der Waals surface area contributed by atoms with Gasteiger partial charge in [-0.05, 0) is 36.8 Å². The number of carbonyl (C=O) groups is 2. The molecule has 130 valence electrons. The summed E-state index contributed by atoms with van der Waals surface area (Å²) in [6.45, 7) is 2.84. The molecule has 0 saturated carbocycles. The number of hydrogen-bond acceptors (Lipinski definition) is 3. The number of amides is 2. The third kappa shape index (κ3) is 4.45. The summed E-state index contributed by atoms with van der Waals surface area (Å²) in [5.74, 6) is -0.386. The largest absolute Gasteiger partial charge is 0.349 e. The maximum atomic E-state index is 12.5. The summed E-state index contributed by atoms with van der Waals surface area (Å²) in [4.78, 5) is 30.7. The molecule has 0 aliphatic carbocycles. The standard InChI is InChI=1S/C19H20BrN3O2/c1-13(14-5-7-16(20)8-6-14)22-19(25)15-10-18(24)23(11-15)12-17-4-2-3-9-21-17/h2-9,13,15H,10-12H2,1H3,(H,22,25). The molecule has 1 aliphatic heterocycles. The van der Waals surface area contributed by atoms with E-state index in [0.29, 0.717) is 13.1 Å². The molecule has 0 spiro atoms. The van der Waals surface area contributed by atoms with Crippen molar-refractivity contribution in [1.29, 1.82) is 0 Å². The van der Waals surface area contributed by atoms with Gasteiger partial charge < -0.3 is 10.2 Å². The van der Waals surface area contributed by atoms with Crippen LogP contribution in [-0.2, 0) is 16.1 Å². The van der Waals surface area contributed by atoms with Gasteiger partial charge in [0.2, 0.25) is 11.8 Å². The topological polar surface area (TPSA) is 62.3 Å². The number of halogens is 1. The molecule has 2 heterocycles. The summed E-state index contributed by atoms with van der Waals surface area (Å²) in [7, 11) is 0. The van der Waals surface area contributed by atoms with Crippen molar-refractivity contribution in [2.24, 2.45) is 5.92 Å². The Balaban J connectivity index is 1.58. The van der Waals surface area contributed by atoms with Crippen LogP contribution in [0.3, 0.4) is 0 Å². The van der Waals surface area contributed by atoms with Gasteiger partial charge in [-0.15, -0.1) is 0 Å². The van der Waals surface area contributed by atoms with Crippen LogP contribution in [0, 0.1) is 5.92 Å². The fourth-order valence-electron chi connectivity index (χ4n) is 2.95. The second-order valence-electron chi connectivity index (χ2n) is 6.28. The summed E-state index contributed by atoms with van der Waals surface area (Å²) in [5, 5.41) is 3.01. The van der Waals surface area contributed by atoms with Gasteiger partial charge in [0.15, 0.2) is 0 Å². The van der Waals surface area contributed by atoms with Gasteiger partial charge in [0.05, 0.1) is 24.2 Å². The minimum absolute atomic E-state index is 0.00194. The smallest absolute Gasteiger partial charge is 0.225 e. The maximum Gasteiger partial charge on any atom is 0.225 e. The van der Waals surface area contributed by atoms with E-state index in [2.05, 4.69) is 26.2 Å². The van der Waals surface area contributed by atoms with Crippen LogP contribution >= 0.6 is 15.9 Å². The van der Waals surface area contributed by atoms with E-state index in [1.807, 2.05) is 49.4 Å². The molecule has 2 aromatic rings. The predicted octanol–water partition coefficient (Wildman–Crippen LogP) is 3.07. The second-order valence-corrected chi connectivity index (χ2v) is 7.19. The predicted molar refractivity (Wildman–Crippen MR) is 98.5 cm³/mol. The monoisotopic (exact) mass is 401 g/mol. The molecule has 0 radical (unpaired) electrons. The van der Waals surface area contributed by atoms with Crippen molar-refractivity contribution >= 4 is 27.7 Å². The number of nitrogens with one attached hydrogen (secondary N) is 1. The van der Waals surface area contributed by atoms with Crippen molar-refractivity contribution in [3.8, 4) is 0 Å². The molecule has 1 N–H and O–H groups in total. The summed E-state index contributed by atoms with van der Waals surface area (Å²) in [6.07, 6.45) is 1.96. The summed E-state index contributed by atoms with van der Waals surface area (Å²) < 4.78 is 1.00. The Hall–Kier alpha value is -2.21. The fraction of sp³-hybridized carbons (Fsp3) is 0.316. The van der Waals surface area contributed by atoms with Crippen LogP contribution in [0.1, 0.15) is 30.6 Å². The van der Waals surface area contributed by atoms with Crippen molar-refractivity contribution in [2.45, 2.75) is 25.9 Å². The third-order valence-corrected chi connectivity index (χ3v) is 4.92. The highest BCUT2D eigenvalue weighted by molar-refractivity contribution is 9.10. The number of rotatable bonds is 5. The van der Waals surface area contributed by atoms with Crippen LogP contribution in [0.25, 0.3) is 0 Å². The highest BCUT2D eigenvalue weighted by atomic mass is 79.9. The molecule has 1 aromatic heterocycles. The highest BCUT2D eigenvalue weighted by Gasteiger charge is 2.34. The first-order chi connectivity index (χ1) is 12.0. The van der Waals surface area contributed by atoms with E-state index in [9.17, 15) is 9.59 Å². The number of aromatic nitrogens is 1. The first kappa shape index (κ1) is 17.6.